The first-order chi connectivity index (χ1) is 12.8. The van der Waals surface area contributed by atoms with Crippen LogP contribution in [0.15, 0.2) is 59.1 Å². The zero-order valence-electron chi connectivity index (χ0n) is 14.7. The van der Waals surface area contributed by atoms with Crippen molar-refractivity contribution in [3.63, 3.8) is 0 Å². The van der Waals surface area contributed by atoms with Crippen LogP contribution in [0.25, 0.3) is 22.2 Å². The van der Waals surface area contributed by atoms with Crippen molar-refractivity contribution in [1.82, 2.24) is 15.0 Å². The molecule has 0 spiro atoms. The summed E-state index contributed by atoms with van der Waals surface area (Å²) in [5, 5.41) is 7.26. The first-order valence-corrected chi connectivity index (χ1v) is 8.44. The van der Waals surface area contributed by atoms with E-state index in [2.05, 4.69) is 37.7 Å². The molecule has 26 heavy (non-hydrogen) atoms. The lowest BCUT2D eigenvalue weighted by Crippen LogP contribution is -2.06. The predicted molar refractivity (Wildman–Crippen MR) is 103 cm³/mol. The number of furan rings is 1. The molecular formula is C20H19N5O. The van der Waals surface area contributed by atoms with E-state index in [1.807, 2.05) is 43.3 Å². The van der Waals surface area contributed by atoms with E-state index in [0.29, 0.717) is 18.2 Å². The van der Waals surface area contributed by atoms with Crippen molar-refractivity contribution in [3.05, 3.63) is 66.2 Å². The Balaban J connectivity index is 1.84. The molecular weight excluding hydrogens is 326 g/mol. The topological polar surface area (TPSA) is 75.9 Å². The molecule has 0 atom stereocenters. The summed E-state index contributed by atoms with van der Waals surface area (Å²) in [6, 6.07) is 16.0. The highest BCUT2D eigenvalue weighted by molar-refractivity contribution is 6.01. The number of anilines is 2. The molecule has 3 heterocycles. The molecule has 0 bridgehead atoms. The number of hydrogen-bond acceptors (Lipinski definition) is 6. The van der Waals surface area contributed by atoms with Gasteiger partial charge in [-0.2, -0.15) is 9.97 Å². The second kappa shape index (κ2) is 6.84. The molecule has 3 aromatic heterocycles. The second-order valence-electron chi connectivity index (χ2n) is 5.90. The first kappa shape index (κ1) is 16.1. The number of pyridine rings is 1. The van der Waals surface area contributed by atoms with Crippen molar-refractivity contribution < 1.29 is 4.42 Å². The molecule has 6 heteroatoms. The van der Waals surface area contributed by atoms with E-state index in [-0.39, 0.29) is 0 Å². The summed E-state index contributed by atoms with van der Waals surface area (Å²) in [5.41, 5.74) is 3.58. The van der Waals surface area contributed by atoms with Gasteiger partial charge in [-0.3, -0.25) is 4.98 Å². The lowest BCUT2D eigenvalue weighted by Gasteiger charge is -2.09. The summed E-state index contributed by atoms with van der Waals surface area (Å²) in [6.07, 6.45) is 1.78. The lowest BCUT2D eigenvalue weighted by molar-refractivity contribution is 0.569. The van der Waals surface area contributed by atoms with Gasteiger partial charge in [-0.1, -0.05) is 36.4 Å². The highest BCUT2D eigenvalue weighted by atomic mass is 16.3. The van der Waals surface area contributed by atoms with Gasteiger partial charge >= 0.3 is 0 Å². The van der Waals surface area contributed by atoms with Crippen molar-refractivity contribution in [2.75, 3.05) is 17.7 Å². The van der Waals surface area contributed by atoms with E-state index >= 15 is 0 Å². The van der Waals surface area contributed by atoms with Gasteiger partial charge in [0, 0.05) is 18.8 Å². The molecule has 6 nitrogen and oxygen atoms in total. The van der Waals surface area contributed by atoms with Crippen molar-refractivity contribution in [2.45, 2.75) is 13.5 Å². The lowest BCUT2D eigenvalue weighted by atomic mass is 10.0. The Morgan fingerprint density at radius 1 is 1.00 bits per heavy atom. The summed E-state index contributed by atoms with van der Waals surface area (Å²) in [5.74, 6) is 2.05. The number of rotatable bonds is 5. The molecule has 4 rings (SSSR count). The number of aryl methyl sites for hydroxylation is 1. The third-order valence-corrected chi connectivity index (χ3v) is 4.18. The van der Waals surface area contributed by atoms with E-state index in [1.54, 1.807) is 13.2 Å². The second-order valence-corrected chi connectivity index (χ2v) is 5.90. The number of hydrogen-bond donors (Lipinski definition) is 2. The maximum absolute atomic E-state index is 5.94. The van der Waals surface area contributed by atoms with Gasteiger partial charge in [-0.15, -0.1) is 0 Å². The quantitative estimate of drug-likeness (QED) is 0.563. The summed E-state index contributed by atoms with van der Waals surface area (Å²) in [4.78, 5) is 13.4. The van der Waals surface area contributed by atoms with E-state index in [4.69, 9.17) is 4.42 Å². The molecule has 0 aliphatic carbocycles. The Labute approximate surface area is 151 Å². The number of fused-ring (bicyclic) bond motifs is 1. The standard InChI is InChI=1S/C20H19N5O/c1-13-16(14-8-4-3-5-9-14)17-18(23-12-15-10-6-7-11-22-15)24-20(21-2)25-19(17)26-13/h3-11H,12H2,1-2H3,(H2,21,23,24,25). The van der Waals surface area contributed by atoms with Crippen LogP contribution in [0.5, 0.6) is 0 Å². The number of nitrogens with one attached hydrogen (secondary N) is 2. The molecule has 0 unspecified atom stereocenters. The average Bonchev–Trinajstić information content (AvgIpc) is 3.03. The van der Waals surface area contributed by atoms with Gasteiger partial charge in [0.2, 0.25) is 11.7 Å². The van der Waals surface area contributed by atoms with Gasteiger partial charge in [0.1, 0.15) is 11.6 Å². The monoisotopic (exact) mass is 345 g/mol. The van der Waals surface area contributed by atoms with Crippen LogP contribution in [0.3, 0.4) is 0 Å². The van der Waals surface area contributed by atoms with Gasteiger partial charge in [-0.05, 0) is 24.6 Å². The highest BCUT2D eigenvalue weighted by Gasteiger charge is 2.19. The molecule has 4 aromatic rings. The summed E-state index contributed by atoms with van der Waals surface area (Å²) in [6.45, 7) is 2.51. The molecule has 0 amide bonds. The van der Waals surface area contributed by atoms with Gasteiger partial charge in [0.05, 0.1) is 17.6 Å². The Kier molecular flexibility index (Phi) is 4.23. The van der Waals surface area contributed by atoms with Crippen LogP contribution in [0.4, 0.5) is 11.8 Å². The fourth-order valence-electron chi connectivity index (χ4n) is 2.98. The summed E-state index contributed by atoms with van der Waals surface area (Å²) < 4.78 is 5.94. The SMILES string of the molecule is CNc1nc(NCc2ccccn2)c2c(-c3ccccc3)c(C)oc2n1. The molecule has 2 N–H and O–H groups in total. The first-order valence-electron chi connectivity index (χ1n) is 8.44. The van der Waals surface area contributed by atoms with Gasteiger partial charge < -0.3 is 15.1 Å². The van der Waals surface area contributed by atoms with Crippen LogP contribution in [0.2, 0.25) is 0 Å². The van der Waals surface area contributed by atoms with Crippen molar-refractivity contribution >= 4 is 22.9 Å². The van der Waals surface area contributed by atoms with Gasteiger partial charge in [0.25, 0.3) is 0 Å². The zero-order valence-corrected chi connectivity index (χ0v) is 14.7. The van der Waals surface area contributed by atoms with Crippen LogP contribution in [-0.4, -0.2) is 22.0 Å². The number of nitrogens with zero attached hydrogens (tertiary/aromatic N) is 3. The van der Waals surface area contributed by atoms with Crippen molar-refractivity contribution in [1.29, 1.82) is 0 Å². The van der Waals surface area contributed by atoms with Crippen molar-refractivity contribution in [3.8, 4) is 11.1 Å². The minimum Gasteiger partial charge on any atom is -0.442 e. The maximum atomic E-state index is 5.94. The normalized spacial score (nSPS) is 10.8. The Hall–Kier alpha value is -3.41. The van der Waals surface area contributed by atoms with Crippen LogP contribution in [0.1, 0.15) is 11.5 Å². The molecule has 1 aromatic carbocycles. The molecule has 0 fully saturated rings. The van der Waals surface area contributed by atoms with Crippen LogP contribution in [-0.2, 0) is 6.54 Å². The Bertz CT molecular complexity index is 1030. The summed E-state index contributed by atoms with van der Waals surface area (Å²) >= 11 is 0. The minimum atomic E-state index is 0.509. The third kappa shape index (κ3) is 2.97. The number of benzene rings is 1. The minimum absolute atomic E-state index is 0.509. The fraction of sp³-hybridized carbons (Fsp3) is 0.150. The molecule has 0 aliphatic rings. The number of aromatic nitrogens is 3. The highest BCUT2D eigenvalue weighted by Crippen LogP contribution is 2.37. The van der Waals surface area contributed by atoms with E-state index in [1.165, 1.54) is 0 Å². The van der Waals surface area contributed by atoms with E-state index in [9.17, 15) is 0 Å². The molecule has 130 valence electrons. The van der Waals surface area contributed by atoms with Crippen LogP contribution < -0.4 is 10.6 Å². The summed E-state index contributed by atoms with van der Waals surface area (Å²) in [7, 11) is 1.79. The molecule has 0 aliphatic heterocycles. The van der Waals surface area contributed by atoms with Crippen molar-refractivity contribution in [2.24, 2.45) is 0 Å². The molecule has 0 saturated heterocycles. The third-order valence-electron chi connectivity index (χ3n) is 4.18. The van der Waals surface area contributed by atoms with Gasteiger partial charge in [0.15, 0.2) is 0 Å². The Morgan fingerprint density at radius 2 is 1.81 bits per heavy atom. The van der Waals surface area contributed by atoms with Crippen LogP contribution in [0, 0.1) is 6.92 Å². The smallest absolute Gasteiger partial charge is 0.233 e. The largest absolute Gasteiger partial charge is 0.442 e. The molecule has 0 saturated carbocycles. The average molecular weight is 345 g/mol. The predicted octanol–water partition coefficient (Wildman–Crippen LogP) is 4.25. The van der Waals surface area contributed by atoms with E-state index < -0.39 is 0 Å². The van der Waals surface area contributed by atoms with Gasteiger partial charge in [-0.25, -0.2) is 0 Å². The maximum Gasteiger partial charge on any atom is 0.233 e. The molecule has 0 radical (unpaired) electrons. The van der Waals surface area contributed by atoms with Crippen LogP contribution >= 0.6 is 0 Å². The fourth-order valence-corrected chi connectivity index (χ4v) is 2.98. The Morgan fingerprint density at radius 3 is 2.54 bits per heavy atom. The van der Waals surface area contributed by atoms with E-state index in [0.717, 1.165) is 33.8 Å². The zero-order chi connectivity index (χ0) is 17.9.